The van der Waals surface area contributed by atoms with E-state index in [4.69, 9.17) is 15.2 Å². The van der Waals surface area contributed by atoms with Crippen molar-refractivity contribution in [3.63, 3.8) is 0 Å². The number of ether oxygens (including phenoxy) is 2. The van der Waals surface area contributed by atoms with E-state index >= 15 is 0 Å². The van der Waals surface area contributed by atoms with Gasteiger partial charge in [0.15, 0.2) is 0 Å². The van der Waals surface area contributed by atoms with E-state index in [1.165, 1.54) is 0 Å². The fraction of sp³-hybridized carbons (Fsp3) is 0.0769. The summed E-state index contributed by atoms with van der Waals surface area (Å²) >= 11 is 2.24. The number of halogens is 1. The van der Waals surface area contributed by atoms with Gasteiger partial charge >= 0.3 is 0 Å². The molecule has 0 fully saturated rings. The number of anilines is 1. The van der Waals surface area contributed by atoms with E-state index in [1.807, 2.05) is 30.3 Å². The predicted molar refractivity (Wildman–Crippen MR) is 76.6 cm³/mol. The van der Waals surface area contributed by atoms with Gasteiger partial charge in [0.1, 0.15) is 17.2 Å². The van der Waals surface area contributed by atoms with E-state index in [2.05, 4.69) is 22.6 Å². The van der Waals surface area contributed by atoms with Gasteiger partial charge in [0, 0.05) is 9.64 Å². The van der Waals surface area contributed by atoms with Crippen LogP contribution in [0.5, 0.6) is 17.2 Å². The van der Waals surface area contributed by atoms with Crippen molar-refractivity contribution in [3.05, 3.63) is 46.0 Å². The van der Waals surface area contributed by atoms with Gasteiger partial charge in [-0.25, -0.2) is 0 Å². The van der Waals surface area contributed by atoms with Gasteiger partial charge in [-0.15, -0.1) is 0 Å². The number of nitrogen functional groups attached to an aromatic ring is 1. The van der Waals surface area contributed by atoms with Gasteiger partial charge in [-0.05, 0) is 52.9 Å². The number of rotatable bonds is 3. The highest BCUT2D eigenvalue weighted by molar-refractivity contribution is 14.1. The second-order valence-corrected chi connectivity index (χ2v) is 4.71. The van der Waals surface area contributed by atoms with Gasteiger partial charge in [-0.1, -0.05) is 6.07 Å². The molecule has 0 saturated carbocycles. The summed E-state index contributed by atoms with van der Waals surface area (Å²) < 4.78 is 12.0. The molecule has 2 aromatic carbocycles. The smallest absolute Gasteiger partial charge is 0.145 e. The minimum Gasteiger partial charge on any atom is -0.494 e. The van der Waals surface area contributed by atoms with Crippen LogP contribution in [0.3, 0.4) is 0 Å². The first-order chi connectivity index (χ1) is 8.19. The first-order valence-corrected chi connectivity index (χ1v) is 6.14. The van der Waals surface area contributed by atoms with Crippen molar-refractivity contribution < 1.29 is 9.47 Å². The molecule has 0 aliphatic heterocycles. The fourth-order valence-corrected chi connectivity index (χ4v) is 1.94. The third-order valence-corrected chi connectivity index (χ3v) is 2.91. The Hall–Kier alpha value is -1.43. The van der Waals surface area contributed by atoms with Crippen molar-refractivity contribution in [3.8, 4) is 17.2 Å². The lowest BCUT2D eigenvalue weighted by molar-refractivity contribution is 0.411. The molecule has 4 heteroatoms. The second-order valence-electron chi connectivity index (χ2n) is 3.46. The van der Waals surface area contributed by atoms with Crippen molar-refractivity contribution >= 4 is 28.3 Å². The number of hydrogen-bond acceptors (Lipinski definition) is 3. The minimum atomic E-state index is 0.600. The molecular formula is C13H12INO2. The highest BCUT2D eigenvalue weighted by Crippen LogP contribution is 2.30. The van der Waals surface area contributed by atoms with Crippen molar-refractivity contribution in [2.75, 3.05) is 12.8 Å². The molecule has 0 radical (unpaired) electrons. The third-order valence-electron chi connectivity index (χ3n) is 2.24. The van der Waals surface area contributed by atoms with Crippen LogP contribution in [0.1, 0.15) is 0 Å². The minimum absolute atomic E-state index is 0.600. The lowest BCUT2D eigenvalue weighted by Gasteiger charge is -2.09. The zero-order valence-electron chi connectivity index (χ0n) is 9.31. The molecular weight excluding hydrogens is 329 g/mol. The van der Waals surface area contributed by atoms with Crippen LogP contribution in [0.15, 0.2) is 42.5 Å². The topological polar surface area (TPSA) is 44.5 Å². The lowest BCUT2D eigenvalue weighted by atomic mass is 10.3. The van der Waals surface area contributed by atoms with Gasteiger partial charge in [0.05, 0.1) is 12.8 Å². The summed E-state index contributed by atoms with van der Waals surface area (Å²) in [7, 11) is 1.58. The molecule has 0 atom stereocenters. The van der Waals surface area contributed by atoms with E-state index in [0.29, 0.717) is 17.2 Å². The normalized spacial score (nSPS) is 10.0. The van der Waals surface area contributed by atoms with Gasteiger partial charge in [-0.3, -0.25) is 0 Å². The summed E-state index contributed by atoms with van der Waals surface area (Å²) in [6.45, 7) is 0. The Balaban J connectivity index is 2.24. The zero-order valence-corrected chi connectivity index (χ0v) is 11.5. The first kappa shape index (κ1) is 12.0. The maximum absolute atomic E-state index is 5.74. The Morgan fingerprint density at radius 3 is 2.53 bits per heavy atom. The number of methoxy groups -OCH3 is 1. The Labute approximate surface area is 114 Å². The lowest BCUT2D eigenvalue weighted by Crippen LogP contribution is -1.93. The number of nitrogens with two attached hydrogens (primary N) is 1. The molecule has 0 amide bonds. The molecule has 0 heterocycles. The van der Waals surface area contributed by atoms with Gasteiger partial charge < -0.3 is 15.2 Å². The quantitative estimate of drug-likeness (QED) is 0.684. The zero-order chi connectivity index (χ0) is 12.3. The Bertz CT molecular complexity index is 529. The standard InChI is InChI=1S/C13H12INO2/c1-16-13-8-11(5-6-12(13)15)17-10-4-2-3-9(14)7-10/h2-8H,15H2,1H3. The highest BCUT2D eigenvalue weighted by atomic mass is 127. The Kier molecular flexibility index (Phi) is 3.73. The molecule has 0 bridgehead atoms. The summed E-state index contributed by atoms with van der Waals surface area (Å²) in [5.41, 5.74) is 6.34. The van der Waals surface area contributed by atoms with Crippen LogP contribution in [-0.4, -0.2) is 7.11 Å². The van der Waals surface area contributed by atoms with Crippen LogP contribution < -0.4 is 15.2 Å². The summed E-state index contributed by atoms with van der Waals surface area (Å²) in [6.07, 6.45) is 0. The monoisotopic (exact) mass is 341 g/mol. The maximum Gasteiger partial charge on any atom is 0.145 e. The largest absolute Gasteiger partial charge is 0.494 e. The van der Waals surface area contributed by atoms with E-state index in [0.717, 1.165) is 9.32 Å². The summed E-state index contributed by atoms with van der Waals surface area (Å²) in [6, 6.07) is 13.2. The molecule has 0 saturated heterocycles. The molecule has 88 valence electrons. The van der Waals surface area contributed by atoms with Crippen molar-refractivity contribution in [2.45, 2.75) is 0 Å². The first-order valence-electron chi connectivity index (χ1n) is 5.06. The highest BCUT2D eigenvalue weighted by Gasteiger charge is 2.03. The molecule has 2 aromatic rings. The number of benzene rings is 2. The van der Waals surface area contributed by atoms with Crippen LogP contribution in [0.2, 0.25) is 0 Å². The maximum atomic E-state index is 5.74. The van der Waals surface area contributed by atoms with Gasteiger partial charge in [0.25, 0.3) is 0 Å². The molecule has 0 aromatic heterocycles. The Morgan fingerprint density at radius 2 is 1.82 bits per heavy atom. The van der Waals surface area contributed by atoms with Crippen LogP contribution in [0.4, 0.5) is 5.69 Å². The third kappa shape index (κ3) is 3.03. The van der Waals surface area contributed by atoms with Crippen LogP contribution in [-0.2, 0) is 0 Å². The summed E-state index contributed by atoms with van der Waals surface area (Å²) in [5.74, 6) is 2.12. The Morgan fingerprint density at radius 1 is 1.06 bits per heavy atom. The van der Waals surface area contributed by atoms with Crippen LogP contribution >= 0.6 is 22.6 Å². The van der Waals surface area contributed by atoms with E-state index in [1.54, 1.807) is 19.2 Å². The van der Waals surface area contributed by atoms with E-state index < -0.39 is 0 Å². The number of hydrogen-bond donors (Lipinski definition) is 1. The molecule has 3 nitrogen and oxygen atoms in total. The SMILES string of the molecule is COc1cc(Oc2cccc(I)c2)ccc1N. The predicted octanol–water partition coefficient (Wildman–Crippen LogP) is 3.67. The van der Waals surface area contributed by atoms with Crippen molar-refractivity contribution in [1.29, 1.82) is 0 Å². The van der Waals surface area contributed by atoms with E-state index in [-0.39, 0.29) is 0 Å². The average molecular weight is 341 g/mol. The molecule has 0 unspecified atom stereocenters. The van der Waals surface area contributed by atoms with Crippen LogP contribution in [0.25, 0.3) is 0 Å². The van der Waals surface area contributed by atoms with Gasteiger partial charge in [-0.2, -0.15) is 0 Å². The molecule has 2 rings (SSSR count). The van der Waals surface area contributed by atoms with Crippen molar-refractivity contribution in [1.82, 2.24) is 0 Å². The van der Waals surface area contributed by atoms with Gasteiger partial charge in [0.2, 0.25) is 0 Å². The summed E-state index contributed by atoms with van der Waals surface area (Å²) in [4.78, 5) is 0. The van der Waals surface area contributed by atoms with Crippen molar-refractivity contribution in [2.24, 2.45) is 0 Å². The van der Waals surface area contributed by atoms with E-state index in [9.17, 15) is 0 Å². The molecule has 17 heavy (non-hydrogen) atoms. The molecule has 0 spiro atoms. The molecule has 2 N–H and O–H groups in total. The molecule has 0 aliphatic rings. The summed E-state index contributed by atoms with van der Waals surface area (Å²) in [5, 5.41) is 0. The fourth-order valence-electron chi connectivity index (χ4n) is 1.42. The van der Waals surface area contributed by atoms with Crippen LogP contribution in [0, 0.1) is 3.57 Å². The average Bonchev–Trinajstić information content (AvgIpc) is 2.32. The molecule has 0 aliphatic carbocycles. The second kappa shape index (κ2) is 5.27.